The van der Waals surface area contributed by atoms with Crippen molar-refractivity contribution in [1.82, 2.24) is 4.90 Å². The molecule has 2 N–H and O–H groups in total. The molecule has 18 heavy (non-hydrogen) atoms. The zero-order valence-corrected chi connectivity index (χ0v) is 11.2. The number of likely N-dealkylation sites (tertiary alicyclic amines) is 1. The summed E-state index contributed by atoms with van der Waals surface area (Å²) in [6, 6.07) is 10.2. The van der Waals surface area contributed by atoms with Crippen LogP contribution < -0.4 is 5.73 Å². The third-order valence-corrected chi connectivity index (χ3v) is 4.16. The molecule has 1 amide bonds. The molecule has 1 aliphatic rings. The highest BCUT2D eigenvalue weighted by molar-refractivity contribution is 5.84. The summed E-state index contributed by atoms with van der Waals surface area (Å²) in [5.74, 6) is 0.572. The normalized spacial score (nSPS) is 25.2. The molecule has 0 saturated carbocycles. The molecule has 1 heterocycles. The quantitative estimate of drug-likeness (QED) is 0.886. The first-order valence-electron chi connectivity index (χ1n) is 6.70. The molecule has 1 aromatic carbocycles. The number of carbonyl (C=O) groups is 1. The lowest BCUT2D eigenvalue weighted by atomic mass is 9.97. The van der Waals surface area contributed by atoms with Crippen LogP contribution in [0.4, 0.5) is 0 Å². The van der Waals surface area contributed by atoms with E-state index < -0.39 is 0 Å². The lowest BCUT2D eigenvalue weighted by Gasteiger charge is -2.27. The van der Waals surface area contributed by atoms with E-state index in [1.54, 1.807) is 0 Å². The first-order valence-corrected chi connectivity index (χ1v) is 6.70. The number of rotatable bonds is 3. The number of benzene rings is 1. The Labute approximate surface area is 109 Å². The van der Waals surface area contributed by atoms with Crippen LogP contribution in [0.1, 0.15) is 31.7 Å². The molecule has 0 aromatic heterocycles. The maximum Gasteiger partial charge on any atom is 0.231 e. The molecule has 0 bridgehead atoms. The second-order valence-electron chi connectivity index (χ2n) is 5.24. The van der Waals surface area contributed by atoms with Crippen LogP contribution in [-0.2, 0) is 4.79 Å². The summed E-state index contributed by atoms with van der Waals surface area (Å²) < 4.78 is 0. The van der Waals surface area contributed by atoms with E-state index in [0.29, 0.717) is 18.5 Å². The van der Waals surface area contributed by atoms with E-state index in [-0.39, 0.29) is 11.8 Å². The largest absolute Gasteiger partial charge is 0.339 e. The minimum atomic E-state index is -0.195. The van der Waals surface area contributed by atoms with Crippen LogP contribution in [-0.4, -0.2) is 29.9 Å². The van der Waals surface area contributed by atoms with Crippen molar-refractivity contribution >= 4 is 5.91 Å². The summed E-state index contributed by atoms with van der Waals surface area (Å²) >= 11 is 0. The van der Waals surface area contributed by atoms with E-state index in [2.05, 4.69) is 13.8 Å². The van der Waals surface area contributed by atoms with Crippen molar-refractivity contribution in [3.8, 4) is 0 Å². The fourth-order valence-corrected chi connectivity index (χ4v) is 2.67. The fraction of sp³-hybridized carbons (Fsp3) is 0.533. The highest BCUT2D eigenvalue weighted by Crippen LogP contribution is 2.27. The predicted molar refractivity (Wildman–Crippen MR) is 73.2 cm³/mol. The molecule has 0 aliphatic carbocycles. The molecule has 1 fully saturated rings. The standard InChI is InChI=1S/C15H22N2O/c1-11-8-9-17(12(11)2)15(18)14(10-16)13-6-4-3-5-7-13/h3-7,11-12,14H,8-10,16H2,1-2H3/t11-,12+,14+/m1/s1. The van der Waals surface area contributed by atoms with Gasteiger partial charge in [0.2, 0.25) is 5.91 Å². The SMILES string of the molecule is C[C@@H]1CCN(C(=O)[C@@H](CN)c2ccccc2)[C@H]1C. The number of nitrogens with two attached hydrogens (primary N) is 1. The number of amides is 1. The summed E-state index contributed by atoms with van der Waals surface area (Å²) in [5.41, 5.74) is 6.83. The Morgan fingerprint density at radius 2 is 2.06 bits per heavy atom. The monoisotopic (exact) mass is 246 g/mol. The van der Waals surface area contributed by atoms with Crippen LogP contribution in [0.15, 0.2) is 30.3 Å². The van der Waals surface area contributed by atoms with Gasteiger partial charge in [-0.3, -0.25) is 4.79 Å². The molecule has 0 spiro atoms. The molecule has 1 saturated heterocycles. The summed E-state index contributed by atoms with van der Waals surface area (Å²) in [5, 5.41) is 0. The third kappa shape index (κ3) is 2.41. The summed E-state index contributed by atoms with van der Waals surface area (Å²) in [7, 11) is 0. The first-order chi connectivity index (χ1) is 8.65. The van der Waals surface area contributed by atoms with Crippen LogP contribution in [0.5, 0.6) is 0 Å². The molecule has 0 radical (unpaired) electrons. The zero-order valence-electron chi connectivity index (χ0n) is 11.2. The van der Waals surface area contributed by atoms with Gasteiger partial charge in [0, 0.05) is 19.1 Å². The number of nitrogens with zero attached hydrogens (tertiary/aromatic N) is 1. The average Bonchev–Trinajstić information content (AvgIpc) is 2.72. The van der Waals surface area contributed by atoms with Crippen molar-refractivity contribution in [1.29, 1.82) is 0 Å². The van der Waals surface area contributed by atoms with Gasteiger partial charge in [-0.05, 0) is 24.8 Å². The fourth-order valence-electron chi connectivity index (χ4n) is 2.67. The van der Waals surface area contributed by atoms with E-state index in [1.807, 2.05) is 35.2 Å². The van der Waals surface area contributed by atoms with E-state index in [1.165, 1.54) is 0 Å². The van der Waals surface area contributed by atoms with Crippen molar-refractivity contribution in [2.45, 2.75) is 32.2 Å². The van der Waals surface area contributed by atoms with Crippen molar-refractivity contribution < 1.29 is 4.79 Å². The predicted octanol–water partition coefficient (Wildman–Crippen LogP) is 1.99. The van der Waals surface area contributed by atoms with E-state index in [4.69, 9.17) is 5.73 Å². The van der Waals surface area contributed by atoms with Crippen molar-refractivity contribution in [2.24, 2.45) is 11.7 Å². The topological polar surface area (TPSA) is 46.3 Å². The van der Waals surface area contributed by atoms with E-state index >= 15 is 0 Å². The molecular weight excluding hydrogens is 224 g/mol. The van der Waals surface area contributed by atoms with Crippen LogP contribution in [0.3, 0.4) is 0 Å². The molecule has 3 heteroatoms. The van der Waals surface area contributed by atoms with Gasteiger partial charge in [-0.1, -0.05) is 37.3 Å². The van der Waals surface area contributed by atoms with Gasteiger partial charge in [-0.25, -0.2) is 0 Å². The maximum atomic E-state index is 12.6. The molecule has 1 aliphatic heterocycles. The molecule has 2 rings (SSSR count). The lowest BCUT2D eigenvalue weighted by Crippen LogP contribution is -2.40. The maximum absolute atomic E-state index is 12.6. The van der Waals surface area contributed by atoms with Crippen molar-refractivity contribution in [3.63, 3.8) is 0 Å². The second kappa shape index (κ2) is 5.53. The van der Waals surface area contributed by atoms with Gasteiger partial charge in [0.25, 0.3) is 0 Å². The molecule has 3 nitrogen and oxygen atoms in total. The van der Waals surface area contributed by atoms with Crippen molar-refractivity contribution in [3.05, 3.63) is 35.9 Å². The Balaban J connectivity index is 2.16. The van der Waals surface area contributed by atoms with Gasteiger partial charge >= 0.3 is 0 Å². The Morgan fingerprint density at radius 1 is 1.39 bits per heavy atom. The number of hydrogen-bond acceptors (Lipinski definition) is 2. The molecule has 0 unspecified atom stereocenters. The van der Waals surface area contributed by atoms with Gasteiger partial charge in [0.05, 0.1) is 5.92 Å². The Hall–Kier alpha value is -1.35. The van der Waals surface area contributed by atoms with Gasteiger partial charge in [0.1, 0.15) is 0 Å². The first kappa shape index (κ1) is 13.1. The van der Waals surface area contributed by atoms with Crippen molar-refractivity contribution in [2.75, 3.05) is 13.1 Å². The van der Waals surface area contributed by atoms with Crippen LogP contribution in [0.2, 0.25) is 0 Å². The highest BCUT2D eigenvalue weighted by Gasteiger charge is 2.34. The Morgan fingerprint density at radius 3 is 2.56 bits per heavy atom. The summed E-state index contributed by atoms with van der Waals surface area (Å²) in [4.78, 5) is 14.6. The van der Waals surface area contributed by atoms with Crippen LogP contribution in [0.25, 0.3) is 0 Å². The Bertz CT molecular complexity index is 404. The molecular formula is C15H22N2O. The van der Waals surface area contributed by atoms with Gasteiger partial charge in [-0.2, -0.15) is 0 Å². The summed E-state index contributed by atoms with van der Waals surface area (Å²) in [6.07, 6.45) is 1.10. The zero-order chi connectivity index (χ0) is 13.1. The van der Waals surface area contributed by atoms with Gasteiger partial charge < -0.3 is 10.6 Å². The van der Waals surface area contributed by atoms with Crippen LogP contribution >= 0.6 is 0 Å². The second-order valence-corrected chi connectivity index (χ2v) is 5.24. The molecule has 98 valence electrons. The highest BCUT2D eigenvalue weighted by atomic mass is 16.2. The average molecular weight is 246 g/mol. The minimum Gasteiger partial charge on any atom is -0.339 e. The smallest absolute Gasteiger partial charge is 0.231 e. The van der Waals surface area contributed by atoms with Crippen LogP contribution in [0, 0.1) is 5.92 Å². The molecule has 3 atom stereocenters. The number of hydrogen-bond donors (Lipinski definition) is 1. The lowest BCUT2D eigenvalue weighted by molar-refractivity contribution is -0.133. The van der Waals surface area contributed by atoms with E-state index in [0.717, 1.165) is 18.5 Å². The minimum absolute atomic E-state index is 0.181. The van der Waals surface area contributed by atoms with E-state index in [9.17, 15) is 4.79 Å². The third-order valence-electron chi connectivity index (χ3n) is 4.16. The Kier molecular flexibility index (Phi) is 4.02. The van der Waals surface area contributed by atoms with Gasteiger partial charge in [-0.15, -0.1) is 0 Å². The number of carbonyl (C=O) groups excluding carboxylic acids is 1. The van der Waals surface area contributed by atoms with Gasteiger partial charge in [0.15, 0.2) is 0 Å². The summed E-state index contributed by atoms with van der Waals surface area (Å²) in [6.45, 7) is 5.58. The molecule has 1 aromatic rings.